The lowest BCUT2D eigenvalue weighted by Gasteiger charge is -2.09. The molecule has 130 valence electrons. The van der Waals surface area contributed by atoms with Crippen LogP contribution in [-0.2, 0) is 0 Å². The van der Waals surface area contributed by atoms with Crippen LogP contribution in [0.1, 0.15) is 29.8 Å². The number of halogens is 1. The van der Waals surface area contributed by atoms with Gasteiger partial charge in [0.25, 0.3) is 11.6 Å². The molecule has 0 spiro atoms. The maximum Gasteiger partial charge on any atom is 0.284 e. The van der Waals surface area contributed by atoms with E-state index in [0.717, 1.165) is 0 Å². The van der Waals surface area contributed by atoms with Crippen LogP contribution in [0, 0.1) is 10.1 Å². The van der Waals surface area contributed by atoms with Gasteiger partial charge < -0.3 is 4.74 Å². The Morgan fingerprint density at radius 3 is 2.56 bits per heavy atom. The van der Waals surface area contributed by atoms with Crippen LogP contribution in [0.15, 0.2) is 52.0 Å². The number of nitrogens with one attached hydrogen (secondary N) is 1. The van der Waals surface area contributed by atoms with Gasteiger partial charge in [0, 0.05) is 17.2 Å². The molecule has 0 atom stereocenters. The van der Waals surface area contributed by atoms with Crippen LogP contribution in [0.5, 0.6) is 5.75 Å². The highest BCUT2D eigenvalue weighted by atomic mass is 79.9. The minimum atomic E-state index is -0.499. The average molecular weight is 406 g/mol. The Balaban J connectivity index is 2.01. The smallest absolute Gasteiger partial charge is 0.284 e. The molecule has 0 aromatic heterocycles. The molecule has 0 fully saturated rings. The molecule has 1 amide bonds. The molecule has 0 bridgehead atoms. The summed E-state index contributed by atoms with van der Waals surface area (Å²) in [4.78, 5) is 22.4. The van der Waals surface area contributed by atoms with Crippen LogP contribution >= 0.6 is 15.9 Å². The number of carbonyl (C=O) groups excluding carboxylic acids is 1. The molecule has 2 aromatic carbocycles. The van der Waals surface area contributed by atoms with Crippen molar-refractivity contribution in [2.75, 3.05) is 0 Å². The molecule has 0 saturated heterocycles. The summed E-state index contributed by atoms with van der Waals surface area (Å²) in [7, 11) is 0. The molecule has 0 saturated carbocycles. The zero-order valence-electron chi connectivity index (χ0n) is 13.6. The van der Waals surface area contributed by atoms with Crippen molar-refractivity contribution in [3.05, 3.63) is 68.2 Å². The van der Waals surface area contributed by atoms with Crippen molar-refractivity contribution in [3.8, 4) is 5.75 Å². The van der Waals surface area contributed by atoms with Gasteiger partial charge in [-0.1, -0.05) is 6.07 Å². The molecule has 8 heteroatoms. The Labute approximate surface area is 153 Å². The first kappa shape index (κ1) is 18.6. The lowest BCUT2D eigenvalue weighted by molar-refractivity contribution is -0.385. The Morgan fingerprint density at radius 2 is 1.96 bits per heavy atom. The molecule has 2 rings (SSSR count). The summed E-state index contributed by atoms with van der Waals surface area (Å²) in [6.45, 7) is 3.84. The third-order valence-corrected chi connectivity index (χ3v) is 3.71. The lowest BCUT2D eigenvalue weighted by atomic mass is 10.2. The SMILES string of the molecule is CC(C)Oc1ccc(C(=O)N/N=C\c2ccc(Br)c([N+](=O)[O-])c2)cc1. The second-order valence-electron chi connectivity index (χ2n) is 5.36. The summed E-state index contributed by atoms with van der Waals surface area (Å²) in [5, 5.41) is 14.7. The molecule has 0 aliphatic carbocycles. The molecule has 2 aromatic rings. The monoisotopic (exact) mass is 405 g/mol. The Kier molecular flexibility index (Phi) is 6.24. The predicted molar refractivity (Wildman–Crippen MR) is 98.1 cm³/mol. The van der Waals surface area contributed by atoms with Crippen LogP contribution in [0.25, 0.3) is 0 Å². The van der Waals surface area contributed by atoms with Gasteiger partial charge in [0.2, 0.25) is 0 Å². The molecule has 7 nitrogen and oxygen atoms in total. The van der Waals surface area contributed by atoms with E-state index < -0.39 is 4.92 Å². The summed E-state index contributed by atoms with van der Waals surface area (Å²) in [5.41, 5.74) is 3.23. The molecular weight excluding hydrogens is 390 g/mol. The molecule has 0 unspecified atom stereocenters. The van der Waals surface area contributed by atoms with Crippen LogP contribution in [0.4, 0.5) is 5.69 Å². The summed E-state index contributed by atoms with van der Waals surface area (Å²) < 4.78 is 5.89. The van der Waals surface area contributed by atoms with E-state index in [0.29, 0.717) is 21.3 Å². The number of benzene rings is 2. The maximum absolute atomic E-state index is 12.0. The van der Waals surface area contributed by atoms with E-state index >= 15 is 0 Å². The maximum atomic E-state index is 12.0. The summed E-state index contributed by atoms with van der Waals surface area (Å²) in [6, 6.07) is 11.2. The van der Waals surface area contributed by atoms with Crippen molar-refractivity contribution in [1.29, 1.82) is 0 Å². The predicted octanol–water partition coefficient (Wildman–Crippen LogP) is 3.91. The Bertz CT molecular complexity index is 804. The molecule has 1 N–H and O–H groups in total. The summed E-state index contributed by atoms with van der Waals surface area (Å²) in [5.74, 6) is 0.288. The first-order valence-corrected chi connectivity index (χ1v) is 8.20. The summed E-state index contributed by atoms with van der Waals surface area (Å²) >= 11 is 3.11. The first-order chi connectivity index (χ1) is 11.9. The lowest BCUT2D eigenvalue weighted by Crippen LogP contribution is -2.17. The number of hydrogen-bond donors (Lipinski definition) is 1. The van der Waals surface area contributed by atoms with E-state index in [4.69, 9.17) is 4.74 Å². The molecule has 25 heavy (non-hydrogen) atoms. The minimum absolute atomic E-state index is 0.0549. The van der Waals surface area contributed by atoms with Gasteiger partial charge in [0.05, 0.1) is 21.7 Å². The number of hydrogen-bond acceptors (Lipinski definition) is 5. The van der Waals surface area contributed by atoms with E-state index in [1.54, 1.807) is 36.4 Å². The molecule has 0 radical (unpaired) electrons. The first-order valence-electron chi connectivity index (χ1n) is 7.41. The number of amides is 1. The van der Waals surface area contributed by atoms with Crippen molar-refractivity contribution in [2.45, 2.75) is 20.0 Å². The van der Waals surface area contributed by atoms with E-state index in [9.17, 15) is 14.9 Å². The zero-order valence-corrected chi connectivity index (χ0v) is 15.2. The van der Waals surface area contributed by atoms with Crippen LogP contribution in [-0.4, -0.2) is 23.1 Å². The highest BCUT2D eigenvalue weighted by Crippen LogP contribution is 2.24. The van der Waals surface area contributed by atoms with Gasteiger partial charge in [0.1, 0.15) is 5.75 Å². The van der Waals surface area contributed by atoms with Crippen LogP contribution in [0.2, 0.25) is 0 Å². The van der Waals surface area contributed by atoms with Gasteiger partial charge in [-0.15, -0.1) is 0 Å². The number of rotatable bonds is 6. The van der Waals surface area contributed by atoms with Gasteiger partial charge in [-0.2, -0.15) is 5.10 Å². The van der Waals surface area contributed by atoms with Crippen LogP contribution < -0.4 is 10.2 Å². The van der Waals surface area contributed by atoms with Gasteiger partial charge in [-0.25, -0.2) is 5.43 Å². The van der Waals surface area contributed by atoms with Crippen molar-refractivity contribution in [1.82, 2.24) is 5.43 Å². The molecule has 0 aliphatic heterocycles. The zero-order chi connectivity index (χ0) is 18.4. The van der Waals surface area contributed by atoms with E-state index in [-0.39, 0.29) is 17.7 Å². The van der Waals surface area contributed by atoms with Crippen molar-refractivity contribution in [3.63, 3.8) is 0 Å². The van der Waals surface area contributed by atoms with Crippen molar-refractivity contribution < 1.29 is 14.5 Å². The standard InChI is InChI=1S/C17H16BrN3O4/c1-11(2)25-14-6-4-13(5-7-14)17(22)20-19-10-12-3-8-15(18)16(9-12)21(23)24/h3-11H,1-2H3,(H,20,22)/b19-10-. The minimum Gasteiger partial charge on any atom is -0.491 e. The third-order valence-electron chi connectivity index (χ3n) is 3.03. The fourth-order valence-electron chi connectivity index (χ4n) is 1.94. The number of hydrazone groups is 1. The second kappa shape index (κ2) is 8.39. The quantitative estimate of drug-likeness (QED) is 0.447. The third kappa shape index (κ3) is 5.39. The Morgan fingerprint density at radius 1 is 1.28 bits per heavy atom. The van der Waals surface area contributed by atoms with Gasteiger partial charge in [0.15, 0.2) is 0 Å². The molecule has 0 aliphatic rings. The normalized spacial score (nSPS) is 10.9. The number of ether oxygens (including phenoxy) is 1. The fourth-order valence-corrected chi connectivity index (χ4v) is 2.33. The van der Waals surface area contributed by atoms with Gasteiger partial charge in [-0.3, -0.25) is 14.9 Å². The Hall–Kier alpha value is -2.74. The van der Waals surface area contributed by atoms with Gasteiger partial charge in [-0.05, 0) is 60.1 Å². The summed E-state index contributed by atoms with van der Waals surface area (Å²) in [6.07, 6.45) is 1.40. The number of nitro benzene ring substituents is 1. The van der Waals surface area contributed by atoms with Crippen LogP contribution in [0.3, 0.4) is 0 Å². The number of carbonyl (C=O) groups is 1. The second-order valence-corrected chi connectivity index (χ2v) is 6.21. The highest BCUT2D eigenvalue weighted by Gasteiger charge is 2.11. The van der Waals surface area contributed by atoms with E-state index in [2.05, 4.69) is 26.5 Å². The number of nitro groups is 1. The van der Waals surface area contributed by atoms with E-state index in [1.807, 2.05) is 13.8 Å². The fraction of sp³-hybridized carbons (Fsp3) is 0.176. The molecule has 0 heterocycles. The largest absolute Gasteiger partial charge is 0.491 e. The average Bonchev–Trinajstić information content (AvgIpc) is 2.56. The molecular formula is C17H16BrN3O4. The van der Waals surface area contributed by atoms with E-state index in [1.165, 1.54) is 12.3 Å². The highest BCUT2D eigenvalue weighted by molar-refractivity contribution is 9.10. The van der Waals surface area contributed by atoms with Crippen molar-refractivity contribution >= 4 is 33.7 Å². The number of nitrogens with zero attached hydrogens (tertiary/aromatic N) is 2. The van der Waals surface area contributed by atoms with Gasteiger partial charge >= 0.3 is 0 Å². The van der Waals surface area contributed by atoms with Crippen molar-refractivity contribution in [2.24, 2.45) is 5.10 Å². The topological polar surface area (TPSA) is 93.8 Å².